The molecule has 4 nitrogen and oxygen atoms in total. The number of alkyl halides is 3. The summed E-state index contributed by atoms with van der Waals surface area (Å²) >= 11 is 0. The highest BCUT2D eigenvalue weighted by Crippen LogP contribution is 2.45. The molecule has 0 saturated heterocycles. The molecule has 0 radical (unpaired) electrons. The van der Waals surface area contributed by atoms with Crippen LogP contribution >= 0.6 is 0 Å². The Labute approximate surface area is 171 Å². The average molecular weight is 431 g/mol. The lowest BCUT2D eigenvalue weighted by Gasteiger charge is -2.34. The number of carbonyl (C=O) groups is 1. The molecule has 0 heterocycles. The van der Waals surface area contributed by atoms with Crippen LogP contribution in [0.1, 0.15) is 32.8 Å². The maximum Gasteiger partial charge on any atom is 0.432 e. The first kappa shape index (κ1) is 23.5. The summed E-state index contributed by atoms with van der Waals surface area (Å²) in [6.45, 7) is 9.98. The second-order valence-corrected chi connectivity index (χ2v) is 10.9. The molecule has 0 spiro atoms. The van der Waals surface area contributed by atoms with Crippen molar-refractivity contribution in [3.8, 4) is 0 Å². The number of esters is 1. The third-order valence-electron chi connectivity index (χ3n) is 5.06. The van der Waals surface area contributed by atoms with Crippen molar-refractivity contribution in [2.75, 3.05) is 7.11 Å². The molecular formula is C21H29F3O4Si. The van der Waals surface area contributed by atoms with E-state index in [9.17, 15) is 18.0 Å². The fourth-order valence-corrected chi connectivity index (χ4v) is 4.19. The van der Waals surface area contributed by atoms with Crippen molar-refractivity contribution in [1.82, 2.24) is 0 Å². The van der Waals surface area contributed by atoms with Crippen molar-refractivity contribution in [3.63, 3.8) is 0 Å². The molecular weight excluding hydrogens is 401 g/mol. The molecule has 29 heavy (non-hydrogen) atoms. The minimum Gasteiger partial charge on any atom is -0.547 e. The van der Waals surface area contributed by atoms with E-state index in [2.05, 4.69) is 0 Å². The van der Waals surface area contributed by atoms with Crippen LogP contribution in [-0.4, -0.2) is 34.4 Å². The predicted octanol–water partition coefficient (Wildman–Crippen LogP) is 4.95. The molecule has 2 rings (SSSR count). The van der Waals surface area contributed by atoms with Gasteiger partial charge >= 0.3 is 12.1 Å². The monoisotopic (exact) mass is 430 g/mol. The largest absolute Gasteiger partial charge is 0.547 e. The quantitative estimate of drug-likeness (QED) is 0.473. The van der Waals surface area contributed by atoms with Crippen LogP contribution in [-0.2, 0) is 24.3 Å². The molecule has 162 valence electrons. The van der Waals surface area contributed by atoms with Crippen LogP contribution in [0.15, 0.2) is 42.2 Å². The summed E-state index contributed by atoms with van der Waals surface area (Å²) in [6, 6.07) is 6.83. The van der Waals surface area contributed by atoms with Crippen LogP contribution in [0.25, 0.3) is 0 Å². The lowest BCUT2D eigenvalue weighted by atomic mass is 9.80. The SMILES string of the molecule is COC(C(=O)O[C@@H]1C[C@@H](C(C)(C)C)C=C1O[SiH](C)C)(c1ccccc1)C(F)(F)F. The van der Waals surface area contributed by atoms with Crippen LogP contribution in [0, 0.1) is 11.3 Å². The third kappa shape index (κ3) is 4.86. The fourth-order valence-electron chi connectivity index (χ4n) is 3.42. The number of benzene rings is 1. The summed E-state index contributed by atoms with van der Waals surface area (Å²) in [7, 11) is -0.680. The Morgan fingerprint density at radius 2 is 1.69 bits per heavy atom. The number of rotatable bonds is 6. The molecule has 1 aromatic rings. The lowest BCUT2D eigenvalue weighted by Crippen LogP contribution is -2.52. The van der Waals surface area contributed by atoms with E-state index in [1.54, 1.807) is 6.07 Å². The maximum absolute atomic E-state index is 14.1. The van der Waals surface area contributed by atoms with Gasteiger partial charge in [0.15, 0.2) is 6.10 Å². The second kappa shape index (κ2) is 8.51. The number of halogens is 3. The summed E-state index contributed by atoms with van der Waals surface area (Å²) in [5.74, 6) is -1.03. The average Bonchev–Trinajstić information content (AvgIpc) is 2.98. The van der Waals surface area contributed by atoms with Gasteiger partial charge in [0.05, 0.1) is 0 Å². The number of allylic oxidation sites excluding steroid dienone is 1. The predicted molar refractivity (Wildman–Crippen MR) is 107 cm³/mol. The molecule has 1 aliphatic rings. The van der Waals surface area contributed by atoms with Crippen LogP contribution < -0.4 is 0 Å². The van der Waals surface area contributed by atoms with E-state index in [-0.39, 0.29) is 16.9 Å². The van der Waals surface area contributed by atoms with Gasteiger partial charge in [-0.05, 0) is 36.9 Å². The van der Waals surface area contributed by atoms with E-state index >= 15 is 0 Å². The summed E-state index contributed by atoms with van der Waals surface area (Å²) in [6.07, 6.45) is -3.62. The van der Waals surface area contributed by atoms with Gasteiger partial charge in [-0.25, -0.2) is 4.79 Å². The Balaban J connectivity index is 2.39. The van der Waals surface area contributed by atoms with Crippen molar-refractivity contribution >= 4 is 15.0 Å². The van der Waals surface area contributed by atoms with Crippen molar-refractivity contribution in [3.05, 3.63) is 47.7 Å². The minimum absolute atomic E-state index is 0.0163. The number of carbonyl (C=O) groups excluding carboxylic acids is 1. The first-order valence-corrected chi connectivity index (χ1v) is 12.4. The highest BCUT2D eigenvalue weighted by atomic mass is 28.3. The van der Waals surface area contributed by atoms with Crippen molar-refractivity contribution < 1.29 is 31.9 Å². The molecule has 0 aliphatic heterocycles. The van der Waals surface area contributed by atoms with E-state index < -0.39 is 32.9 Å². The van der Waals surface area contributed by atoms with Crippen molar-refractivity contribution in [1.29, 1.82) is 0 Å². The Kier molecular flexibility index (Phi) is 6.89. The molecule has 8 heteroatoms. The van der Waals surface area contributed by atoms with Crippen LogP contribution in [0.4, 0.5) is 13.2 Å². The van der Waals surface area contributed by atoms with Gasteiger partial charge in [0, 0.05) is 12.7 Å². The molecule has 0 aromatic heterocycles. The molecule has 1 aliphatic carbocycles. The minimum atomic E-state index is -5.00. The Bertz CT molecular complexity index is 741. The first-order valence-electron chi connectivity index (χ1n) is 9.59. The van der Waals surface area contributed by atoms with Crippen molar-refractivity contribution in [2.24, 2.45) is 11.3 Å². The van der Waals surface area contributed by atoms with E-state index in [0.717, 1.165) is 7.11 Å². The Morgan fingerprint density at radius 3 is 2.14 bits per heavy atom. The van der Waals surface area contributed by atoms with Gasteiger partial charge in [0.1, 0.15) is 5.76 Å². The van der Waals surface area contributed by atoms with Gasteiger partial charge < -0.3 is 13.9 Å². The van der Waals surface area contributed by atoms with Crippen LogP contribution in [0.5, 0.6) is 0 Å². The normalized spacial score (nSPS) is 22.2. The molecule has 0 amide bonds. The highest BCUT2D eigenvalue weighted by molar-refractivity contribution is 6.48. The first-order chi connectivity index (χ1) is 13.3. The van der Waals surface area contributed by atoms with Crippen molar-refractivity contribution in [2.45, 2.75) is 58.2 Å². The topological polar surface area (TPSA) is 44.8 Å². The van der Waals surface area contributed by atoms with Gasteiger partial charge in [0.25, 0.3) is 5.60 Å². The molecule has 0 bridgehead atoms. The highest BCUT2D eigenvalue weighted by Gasteiger charge is 2.64. The van der Waals surface area contributed by atoms with E-state index in [1.165, 1.54) is 24.3 Å². The molecule has 0 N–H and O–H groups in total. The summed E-state index contributed by atoms with van der Waals surface area (Å²) in [4.78, 5) is 12.9. The molecule has 0 fully saturated rings. The second-order valence-electron chi connectivity index (χ2n) is 8.59. The van der Waals surface area contributed by atoms with Crippen LogP contribution in [0.3, 0.4) is 0 Å². The smallest absolute Gasteiger partial charge is 0.432 e. The summed E-state index contributed by atoms with van der Waals surface area (Å²) in [5.41, 5.74) is -3.67. The Hall–Kier alpha value is -1.80. The maximum atomic E-state index is 14.1. The van der Waals surface area contributed by atoms with E-state index in [4.69, 9.17) is 13.9 Å². The molecule has 3 atom stereocenters. The zero-order valence-corrected chi connectivity index (χ0v) is 18.8. The zero-order valence-electron chi connectivity index (χ0n) is 17.7. The number of hydrogen-bond acceptors (Lipinski definition) is 4. The number of ether oxygens (including phenoxy) is 2. The van der Waals surface area contributed by atoms with Gasteiger partial charge in [-0.15, -0.1) is 0 Å². The Morgan fingerprint density at radius 1 is 1.10 bits per heavy atom. The summed E-state index contributed by atoms with van der Waals surface area (Å²) < 4.78 is 58.4. The van der Waals surface area contributed by atoms with Gasteiger partial charge in [-0.3, -0.25) is 0 Å². The fraction of sp³-hybridized carbons (Fsp3) is 0.571. The molecule has 1 unspecified atom stereocenters. The number of methoxy groups -OCH3 is 1. The van der Waals surface area contributed by atoms with Gasteiger partial charge in [0.2, 0.25) is 9.04 Å². The van der Waals surface area contributed by atoms with Gasteiger partial charge in [-0.2, -0.15) is 13.2 Å². The lowest BCUT2D eigenvalue weighted by molar-refractivity contribution is -0.278. The standard InChI is InChI=1S/C21H29F3O4Si/c1-19(2,3)15-12-16(17(13-15)28-29(5)6)27-18(25)20(26-4,21(22,23)24)14-10-8-7-9-11-14/h7-11,13,15-16,29H,12H2,1-6H3/t15-,16-,20?/m1/s1. The number of hydrogen-bond donors (Lipinski definition) is 0. The molecule has 0 saturated carbocycles. The zero-order chi connectivity index (χ0) is 22.0. The van der Waals surface area contributed by atoms with E-state index in [1.807, 2.05) is 39.9 Å². The third-order valence-corrected chi connectivity index (χ3v) is 5.80. The molecule has 1 aromatic carbocycles. The van der Waals surface area contributed by atoms with E-state index in [0.29, 0.717) is 12.2 Å². The van der Waals surface area contributed by atoms with Gasteiger partial charge in [-0.1, -0.05) is 51.1 Å². The van der Waals surface area contributed by atoms with Crippen LogP contribution in [0.2, 0.25) is 13.1 Å². The summed E-state index contributed by atoms with van der Waals surface area (Å²) in [5, 5.41) is 0.